The number of nitrogens with zero attached hydrogens (tertiary/aromatic N) is 2. The molecule has 0 fully saturated rings. The molecular weight excluding hydrogens is 569 g/mol. The lowest BCUT2D eigenvalue weighted by atomic mass is 10.0. The molecule has 1 atom stereocenters. The van der Waals surface area contributed by atoms with Crippen LogP contribution in [0.4, 0.5) is 5.69 Å². The van der Waals surface area contributed by atoms with Gasteiger partial charge in [0.15, 0.2) is 0 Å². The number of anilines is 1. The predicted molar refractivity (Wildman–Crippen MR) is 162 cm³/mol. The standard InChI is InChI=1S/C30H35Cl2N3O4S/c1-5-22-14-16-24(17-15-22)35(40(4,38)39)20-29(36)34(19-25-26(31)12-9-13-27(25)32)28(30(37)33-21(2)3)18-23-10-7-6-8-11-23/h6-17,21,28H,5,18-20H2,1-4H3,(H,33,37). The van der Waals surface area contributed by atoms with Crippen LogP contribution in [0.5, 0.6) is 0 Å². The minimum Gasteiger partial charge on any atom is -0.352 e. The smallest absolute Gasteiger partial charge is 0.244 e. The predicted octanol–water partition coefficient (Wildman–Crippen LogP) is 5.49. The van der Waals surface area contributed by atoms with E-state index in [0.717, 1.165) is 28.1 Å². The van der Waals surface area contributed by atoms with Crippen LogP contribution in [0.25, 0.3) is 0 Å². The van der Waals surface area contributed by atoms with Crippen LogP contribution in [0.15, 0.2) is 72.8 Å². The molecule has 3 aromatic rings. The van der Waals surface area contributed by atoms with Crippen molar-refractivity contribution in [2.45, 2.75) is 52.2 Å². The van der Waals surface area contributed by atoms with Gasteiger partial charge < -0.3 is 10.2 Å². The van der Waals surface area contributed by atoms with Crippen molar-refractivity contribution in [2.75, 3.05) is 17.1 Å². The molecule has 1 unspecified atom stereocenters. The number of sulfonamides is 1. The van der Waals surface area contributed by atoms with Crippen LogP contribution < -0.4 is 9.62 Å². The molecule has 0 spiro atoms. The molecule has 7 nitrogen and oxygen atoms in total. The number of halogens is 2. The number of aryl methyl sites for hydroxylation is 1. The number of amides is 2. The Labute approximate surface area is 247 Å². The molecule has 0 saturated carbocycles. The Kier molecular flexibility index (Phi) is 11.0. The second-order valence-corrected chi connectivity index (χ2v) is 12.6. The summed E-state index contributed by atoms with van der Waals surface area (Å²) in [6.45, 7) is 5.07. The van der Waals surface area contributed by atoms with Crippen molar-refractivity contribution < 1.29 is 18.0 Å². The fourth-order valence-electron chi connectivity index (χ4n) is 4.30. The van der Waals surface area contributed by atoms with Crippen LogP contribution in [0, 0.1) is 0 Å². The number of carbonyl (C=O) groups is 2. The third-order valence-electron chi connectivity index (χ3n) is 6.40. The van der Waals surface area contributed by atoms with Crippen molar-refractivity contribution in [3.63, 3.8) is 0 Å². The lowest BCUT2D eigenvalue weighted by molar-refractivity contribution is -0.140. The quantitative estimate of drug-likeness (QED) is 0.297. The van der Waals surface area contributed by atoms with E-state index in [1.54, 1.807) is 30.3 Å². The molecule has 0 aliphatic carbocycles. The molecule has 2 amide bonds. The van der Waals surface area contributed by atoms with Crippen LogP contribution in [0.1, 0.15) is 37.5 Å². The van der Waals surface area contributed by atoms with E-state index in [4.69, 9.17) is 23.2 Å². The summed E-state index contributed by atoms with van der Waals surface area (Å²) in [5.41, 5.74) is 2.69. The lowest BCUT2D eigenvalue weighted by Gasteiger charge is -2.34. The molecule has 0 aromatic heterocycles. The molecule has 40 heavy (non-hydrogen) atoms. The summed E-state index contributed by atoms with van der Waals surface area (Å²) < 4.78 is 26.8. The molecule has 1 N–H and O–H groups in total. The number of nitrogens with one attached hydrogen (secondary N) is 1. The topological polar surface area (TPSA) is 86.8 Å². The van der Waals surface area contributed by atoms with Crippen molar-refractivity contribution in [1.82, 2.24) is 10.2 Å². The molecule has 3 rings (SSSR count). The molecule has 3 aromatic carbocycles. The first kappa shape index (κ1) is 31.5. The van der Waals surface area contributed by atoms with E-state index in [2.05, 4.69) is 5.32 Å². The summed E-state index contributed by atoms with van der Waals surface area (Å²) >= 11 is 13.0. The molecule has 0 bridgehead atoms. The Morgan fingerprint density at radius 2 is 1.48 bits per heavy atom. The summed E-state index contributed by atoms with van der Waals surface area (Å²) in [5, 5.41) is 3.58. The number of rotatable bonds is 12. The van der Waals surface area contributed by atoms with Gasteiger partial charge in [-0.15, -0.1) is 0 Å². The van der Waals surface area contributed by atoms with E-state index >= 15 is 0 Å². The van der Waals surface area contributed by atoms with Crippen LogP contribution >= 0.6 is 23.2 Å². The van der Waals surface area contributed by atoms with Crippen molar-refractivity contribution in [1.29, 1.82) is 0 Å². The van der Waals surface area contributed by atoms with Gasteiger partial charge in [0, 0.05) is 34.6 Å². The zero-order valence-electron chi connectivity index (χ0n) is 23.1. The molecular formula is C30H35Cl2N3O4S. The van der Waals surface area contributed by atoms with Crippen LogP contribution in [0.2, 0.25) is 10.0 Å². The zero-order chi connectivity index (χ0) is 29.4. The Balaban J connectivity index is 2.09. The van der Waals surface area contributed by atoms with Gasteiger partial charge in [-0.3, -0.25) is 13.9 Å². The first-order chi connectivity index (χ1) is 18.9. The van der Waals surface area contributed by atoms with Crippen molar-refractivity contribution >= 4 is 50.7 Å². The van der Waals surface area contributed by atoms with Gasteiger partial charge in [0.2, 0.25) is 21.8 Å². The van der Waals surface area contributed by atoms with E-state index in [9.17, 15) is 18.0 Å². The Morgan fingerprint density at radius 1 is 0.875 bits per heavy atom. The Hall–Kier alpha value is -3.07. The highest BCUT2D eigenvalue weighted by Gasteiger charge is 2.34. The largest absolute Gasteiger partial charge is 0.352 e. The minimum absolute atomic E-state index is 0.0905. The normalized spacial score (nSPS) is 12.2. The van der Waals surface area contributed by atoms with Gasteiger partial charge >= 0.3 is 0 Å². The second kappa shape index (κ2) is 14.0. The maximum Gasteiger partial charge on any atom is 0.244 e. The van der Waals surface area contributed by atoms with E-state index in [0.29, 0.717) is 21.3 Å². The van der Waals surface area contributed by atoms with E-state index in [1.165, 1.54) is 4.90 Å². The van der Waals surface area contributed by atoms with Crippen molar-refractivity contribution in [2.24, 2.45) is 0 Å². The fraction of sp³-hybridized carbons (Fsp3) is 0.333. The molecule has 214 valence electrons. The molecule has 0 aliphatic rings. The highest BCUT2D eigenvalue weighted by atomic mass is 35.5. The van der Waals surface area contributed by atoms with Gasteiger partial charge in [0.1, 0.15) is 12.6 Å². The van der Waals surface area contributed by atoms with Crippen molar-refractivity contribution in [3.05, 3.63) is 99.5 Å². The number of hydrogen-bond acceptors (Lipinski definition) is 4. The third kappa shape index (κ3) is 8.46. The van der Waals surface area contributed by atoms with Crippen molar-refractivity contribution in [3.8, 4) is 0 Å². The maximum absolute atomic E-state index is 14.1. The minimum atomic E-state index is -3.85. The highest BCUT2D eigenvalue weighted by Crippen LogP contribution is 2.28. The fourth-order valence-corrected chi connectivity index (χ4v) is 5.67. The lowest BCUT2D eigenvalue weighted by Crippen LogP contribution is -2.54. The molecule has 0 heterocycles. The number of carbonyl (C=O) groups excluding carboxylic acids is 2. The van der Waals surface area contributed by atoms with Gasteiger partial charge in [-0.2, -0.15) is 0 Å². The summed E-state index contributed by atoms with van der Waals surface area (Å²) in [4.78, 5) is 29.1. The van der Waals surface area contributed by atoms with Crippen LogP contribution in [0.3, 0.4) is 0 Å². The van der Waals surface area contributed by atoms with Gasteiger partial charge in [-0.25, -0.2) is 8.42 Å². The summed E-state index contributed by atoms with van der Waals surface area (Å²) in [7, 11) is -3.85. The van der Waals surface area contributed by atoms with Gasteiger partial charge in [-0.1, -0.05) is 78.7 Å². The maximum atomic E-state index is 14.1. The average Bonchev–Trinajstić information content (AvgIpc) is 2.90. The number of benzene rings is 3. The molecule has 0 radical (unpaired) electrons. The molecule has 10 heteroatoms. The number of hydrogen-bond donors (Lipinski definition) is 1. The first-order valence-electron chi connectivity index (χ1n) is 13.0. The zero-order valence-corrected chi connectivity index (χ0v) is 25.4. The molecule has 0 aliphatic heterocycles. The summed E-state index contributed by atoms with van der Waals surface area (Å²) in [6, 6.07) is 20.2. The van der Waals surface area contributed by atoms with Crippen LogP contribution in [-0.4, -0.2) is 50.0 Å². The summed E-state index contributed by atoms with van der Waals surface area (Å²) in [5.74, 6) is -0.936. The highest BCUT2D eigenvalue weighted by molar-refractivity contribution is 7.92. The van der Waals surface area contributed by atoms with Gasteiger partial charge in [-0.05, 0) is 55.7 Å². The van der Waals surface area contributed by atoms with E-state index in [-0.39, 0.29) is 24.9 Å². The average molecular weight is 605 g/mol. The van der Waals surface area contributed by atoms with E-state index < -0.39 is 28.5 Å². The van der Waals surface area contributed by atoms with E-state index in [1.807, 2.05) is 63.2 Å². The Morgan fingerprint density at radius 3 is 2.00 bits per heavy atom. The second-order valence-electron chi connectivity index (χ2n) is 9.88. The Bertz CT molecular complexity index is 1390. The van der Waals surface area contributed by atoms with Gasteiger partial charge in [0.25, 0.3) is 0 Å². The van der Waals surface area contributed by atoms with Gasteiger partial charge in [0.05, 0.1) is 11.9 Å². The first-order valence-corrected chi connectivity index (χ1v) is 15.6. The third-order valence-corrected chi connectivity index (χ3v) is 8.25. The molecule has 0 saturated heterocycles. The SMILES string of the molecule is CCc1ccc(N(CC(=O)N(Cc2c(Cl)cccc2Cl)C(Cc2ccccc2)C(=O)NC(C)C)S(C)(=O)=O)cc1. The monoisotopic (exact) mass is 603 g/mol. The summed E-state index contributed by atoms with van der Waals surface area (Å²) in [6.07, 6.45) is 2.05. The van der Waals surface area contributed by atoms with Crippen LogP contribution in [-0.2, 0) is 39.0 Å².